The van der Waals surface area contributed by atoms with Crippen LogP contribution < -0.4 is 5.73 Å². The summed E-state index contributed by atoms with van der Waals surface area (Å²) in [6.45, 7) is 0. The van der Waals surface area contributed by atoms with Crippen LogP contribution in [0.2, 0.25) is 0 Å². The molecule has 0 fully saturated rings. The van der Waals surface area contributed by atoms with Gasteiger partial charge in [0.2, 0.25) is 0 Å². The normalized spacial score (nSPS) is 11.4. The first-order chi connectivity index (χ1) is 6.36. The predicted molar refractivity (Wildman–Crippen MR) is 41.2 cm³/mol. The molecule has 0 heterocycles. The van der Waals surface area contributed by atoms with Crippen molar-refractivity contribution in [2.24, 2.45) is 0 Å². The molecule has 76 valence electrons. The van der Waals surface area contributed by atoms with E-state index in [0.29, 0.717) is 6.07 Å². The van der Waals surface area contributed by atoms with Gasteiger partial charge in [-0.3, -0.25) is 4.79 Å². The van der Waals surface area contributed by atoms with Crippen molar-refractivity contribution in [3.8, 4) is 0 Å². The fourth-order valence-corrected chi connectivity index (χ4v) is 1.02. The van der Waals surface area contributed by atoms with Gasteiger partial charge < -0.3 is 5.73 Å². The van der Waals surface area contributed by atoms with Gasteiger partial charge in [-0.05, 0) is 12.1 Å². The van der Waals surface area contributed by atoms with E-state index in [-0.39, 0.29) is 11.8 Å². The Morgan fingerprint density at radius 1 is 1.29 bits per heavy atom. The molecule has 1 rings (SSSR count). The molecule has 1 aromatic carbocycles. The average molecular weight is 207 g/mol. The molecule has 0 radical (unpaired) electrons. The monoisotopic (exact) mass is 207 g/mol. The van der Waals surface area contributed by atoms with Crippen molar-refractivity contribution < 1.29 is 22.4 Å². The number of halogens is 4. The molecule has 0 aliphatic rings. The topological polar surface area (TPSA) is 43.1 Å². The number of carbonyl (C=O) groups is 1. The van der Waals surface area contributed by atoms with E-state index < -0.39 is 23.2 Å². The van der Waals surface area contributed by atoms with Crippen molar-refractivity contribution in [1.82, 2.24) is 0 Å². The fourth-order valence-electron chi connectivity index (χ4n) is 1.02. The third-order valence-electron chi connectivity index (χ3n) is 1.56. The first-order valence-corrected chi connectivity index (χ1v) is 3.47. The van der Waals surface area contributed by atoms with E-state index in [0.717, 1.165) is 6.07 Å². The molecule has 0 bridgehead atoms. The Morgan fingerprint density at radius 2 is 1.86 bits per heavy atom. The van der Waals surface area contributed by atoms with Crippen LogP contribution in [-0.4, -0.2) is 6.29 Å². The maximum atomic E-state index is 12.8. The number of carbonyl (C=O) groups excluding carboxylic acids is 1. The first kappa shape index (κ1) is 10.5. The van der Waals surface area contributed by atoms with Crippen LogP contribution in [0.15, 0.2) is 12.1 Å². The molecule has 0 amide bonds. The SMILES string of the molecule is Nc1cc(C=O)cc(F)c1C(F)(F)F. The molecule has 1 aromatic rings. The Hall–Kier alpha value is -1.59. The quantitative estimate of drug-likeness (QED) is 0.436. The molecule has 2 nitrogen and oxygen atoms in total. The highest BCUT2D eigenvalue weighted by molar-refractivity contribution is 5.77. The van der Waals surface area contributed by atoms with E-state index in [2.05, 4.69) is 0 Å². The van der Waals surface area contributed by atoms with Crippen LogP contribution in [0.25, 0.3) is 0 Å². The maximum absolute atomic E-state index is 12.8. The lowest BCUT2D eigenvalue weighted by Crippen LogP contribution is -2.12. The zero-order chi connectivity index (χ0) is 10.9. The summed E-state index contributed by atoms with van der Waals surface area (Å²) < 4.78 is 49.2. The molecule has 0 unspecified atom stereocenters. The van der Waals surface area contributed by atoms with Gasteiger partial charge in [0.1, 0.15) is 17.7 Å². The number of hydrogen-bond donors (Lipinski definition) is 1. The van der Waals surface area contributed by atoms with Crippen LogP contribution in [0.5, 0.6) is 0 Å². The highest BCUT2D eigenvalue weighted by atomic mass is 19.4. The number of hydrogen-bond acceptors (Lipinski definition) is 2. The number of rotatable bonds is 1. The molecule has 0 saturated carbocycles. The van der Waals surface area contributed by atoms with Crippen molar-refractivity contribution in [2.75, 3.05) is 5.73 Å². The highest BCUT2D eigenvalue weighted by Crippen LogP contribution is 2.35. The van der Waals surface area contributed by atoms with Gasteiger partial charge in [0.25, 0.3) is 0 Å². The summed E-state index contributed by atoms with van der Waals surface area (Å²) in [4.78, 5) is 10.2. The number of anilines is 1. The summed E-state index contributed by atoms with van der Waals surface area (Å²) >= 11 is 0. The Balaban J connectivity index is 3.40. The number of aldehydes is 1. The average Bonchev–Trinajstić information content (AvgIpc) is 1.99. The standard InChI is InChI=1S/C8H5F4NO/c9-5-1-4(3-14)2-6(13)7(5)8(10,11)12/h1-3H,13H2. The van der Waals surface area contributed by atoms with Gasteiger partial charge in [-0.25, -0.2) is 4.39 Å². The molecule has 14 heavy (non-hydrogen) atoms. The van der Waals surface area contributed by atoms with Gasteiger partial charge in [0.05, 0.1) is 0 Å². The van der Waals surface area contributed by atoms with Crippen molar-refractivity contribution in [3.05, 3.63) is 29.1 Å². The van der Waals surface area contributed by atoms with E-state index in [4.69, 9.17) is 5.73 Å². The molecular formula is C8H5F4NO. The number of alkyl halides is 3. The number of benzene rings is 1. The van der Waals surface area contributed by atoms with Gasteiger partial charge in [0, 0.05) is 11.3 Å². The third-order valence-corrected chi connectivity index (χ3v) is 1.56. The summed E-state index contributed by atoms with van der Waals surface area (Å²) in [5, 5.41) is 0. The molecular weight excluding hydrogens is 202 g/mol. The third kappa shape index (κ3) is 1.84. The van der Waals surface area contributed by atoms with Gasteiger partial charge >= 0.3 is 6.18 Å². The molecule has 0 saturated heterocycles. The maximum Gasteiger partial charge on any atom is 0.421 e. The minimum absolute atomic E-state index is 0.222. The summed E-state index contributed by atoms with van der Waals surface area (Å²) in [5.74, 6) is -1.54. The number of nitrogens with two attached hydrogens (primary N) is 1. The summed E-state index contributed by atoms with van der Waals surface area (Å²) in [6, 6.07) is 1.27. The lowest BCUT2D eigenvalue weighted by molar-refractivity contribution is -0.139. The van der Waals surface area contributed by atoms with Crippen LogP contribution in [0, 0.1) is 5.82 Å². The second-order valence-electron chi connectivity index (χ2n) is 2.58. The van der Waals surface area contributed by atoms with Crippen LogP contribution in [0.1, 0.15) is 15.9 Å². The van der Waals surface area contributed by atoms with Gasteiger partial charge in [-0.1, -0.05) is 0 Å². The molecule has 0 aromatic heterocycles. The van der Waals surface area contributed by atoms with Crippen molar-refractivity contribution in [2.45, 2.75) is 6.18 Å². The summed E-state index contributed by atoms with van der Waals surface area (Å²) in [6.07, 6.45) is -4.63. The Labute approximate surface area is 76.3 Å². The van der Waals surface area contributed by atoms with E-state index >= 15 is 0 Å². The number of nitrogen functional groups attached to an aromatic ring is 1. The van der Waals surface area contributed by atoms with E-state index in [1.165, 1.54) is 0 Å². The Morgan fingerprint density at radius 3 is 2.21 bits per heavy atom. The van der Waals surface area contributed by atoms with Crippen LogP contribution in [-0.2, 0) is 6.18 Å². The highest BCUT2D eigenvalue weighted by Gasteiger charge is 2.36. The Kier molecular flexibility index (Phi) is 2.46. The van der Waals surface area contributed by atoms with Crippen molar-refractivity contribution in [1.29, 1.82) is 0 Å². The molecule has 2 N–H and O–H groups in total. The Bertz CT molecular complexity index is 349. The molecule has 0 aliphatic heterocycles. The summed E-state index contributed by atoms with van der Waals surface area (Å²) in [5.41, 5.74) is 2.41. The lowest BCUT2D eigenvalue weighted by atomic mass is 10.1. The second kappa shape index (κ2) is 3.28. The van der Waals surface area contributed by atoms with Crippen LogP contribution in [0.3, 0.4) is 0 Å². The van der Waals surface area contributed by atoms with Crippen molar-refractivity contribution in [3.63, 3.8) is 0 Å². The van der Waals surface area contributed by atoms with Crippen LogP contribution >= 0.6 is 0 Å². The minimum Gasteiger partial charge on any atom is -0.398 e. The second-order valence-corrected chi connectivity index (χ2v) is 2.58. The zero-order valence-corrected chi connectivity index (χ0v) is 6.73. The fraction of sp³-hybridized carbons (Fsp3) is 0.125. The lowest BCUT2D eigenvalue weighted by Gasteiger charge is -2.10. The predicted octanol–water partition coefficient (Wildman–Crippen LogP) is 2.24. The van der Waals surface area contributed by atoms with E-state index in [1.807, 2.05) is 0 Å². The van der Waals surface area contributed by atoms with Gasteiger partial charge in [0.15, 0.2) is 0 Å². The van der Waals surface area contributed by atoms with Crippen molar-refractivity contribution >= 4 is 12.0 Å². The first-order valence-electron chi connectivity index (χ1n) is 3.47. The van der Waals surface area contributed by atoms with Gasteiger partial charge in [-0.2, -0.15) is 13.2 Å². The molecule has 0 spiro atoms. The van der Waals surface area contributed by atoms with Crippen LogP contribution in [0.4, 0.5) is 23.2 Å². The van der Waals surface area contributed by atoms with Gasteiger partial charge in [-0.15, -0.1) is 0 Å². The largest absolute Gasteiger partial charge is 0.421 e. The minimum atomic E-state index is -4.85. The van der Waals surface area contributed by atoms with E-state index in [9.17, 15) is 22.4 Å². The van der Waals surface area contributed by atoms with E-state index in [1.54, 1.807) is 0 Å². The smallest absolute Gasteiger partial charge is 0.398 e. The summed E-state index contributed by atoms with van der Waals surface area (Å²) in [7, 11) is 0. The molecule has 6 heteroatoms. The zero-order valence-electron chi connectivity index (χ0n) is 6.73. The molecule has 0 atom stereocenters. The molecule has 0 aliphatic carbocycles.